The van der Waals surface area contributed by atoms with Gasteiger partial charge in [-0.1, -0.05) is 340 Å². The van der Waals surface area contributed by atoms with E-state index >= 15 is 0 Å². The van der Waals surface area contributed by atoms with Crippen LogP contribution in [0.3, 0.4) is 0 Å². The number of aliphatic carboxylic acids is 1. The smallest absolute Gasteiger partial charge is 0.361 e. The molecule has 0 rings (SSSR count). The maximum Gasteiger partial charge on any atom is 0.361 e. The lowest BCUT2D eigenvalue weighted by Crippen LogP contribution is -2.40. The number of esters is 2. The molecule has 0 aromatic rings. The second-order valence-electron chi connectivity index (χ2n) is 26.3. The predicted octanol–water partition coefficient (Wildman–Crippen LogP) is 22.6. The van der Waals surface area contributed by atoms with Gasteiger partial charge in [0.2, 0.25) is 0 Å². The number of allylic oxidation sites excluding steroid dienone is 4. The Bertz CT molecular complexity index is 1410. The summed E-state index contributed by atoms with van der Waals surface area (Å²) in [6.45, 7) is 4.95. The molecule has 2 unspecified atom stereocenters. The van der Waals surface area contributed by atoms with E-state index in [2.05, 4.69) is 38.2 Å². The molecule has 0 aromatic heterocycles. The molecule has 83 heavy (non-hydrogen) atoms. The zero-order chi connectivity index (χ0) is 60.5. The third-order valence-electron chi connectivity index (χ3n) is 16.7. The fraction of sp³-hybridized carbons (Fsp3) is 0.905. The summed E-state index contributed by atoms with van der Waals surface area (Å²) in [4.78, 5) is 37.6. The van der Waals surface area contributed by atoms with Gasteiger partial charge >= 0.3 is 17.9 Å². The zero-order valence-corrected chi connectivity index (χ0v) is 56.1. The monoisotopic (exact) mass is 1170 g/mol. The molecule has 0 aliphatic rings. The second kappa shape index (κ2) is 65.7. The molecule has 0 fully saturated rings. The Kier molecular flexibility index (Phi) is 64.0. The van der Waals surface area contributed by atoms with Crippen molar-refractivity contribution in [2.24, 2.45) is 0 Å². The van der Waals surface area contributed by atoms with Gasteiger partial charge in [-0.05, 0) is 44.9 Å². The minimum absolute atomic E-state index is 0.175. The molecule has 9 heteroatoms. The van der Waals surface area contributed by atoms with Crippen LogP contribution in [0.25, 0.3) is 0 Å². The Hall–Kier alpha value is -2.23. The Balaban J connectivity index is 4.03. The summed E-state index contributed by atoms with van der Waals surface area (Å²) < 4.78 is 23.0. The zero-order valence-electron chi connectivity index (χ0n) is 56.1. The highest BCUT2D eigenvalue weighted by atomic mass is 16.7. The molecule has 490 valence electrons. The largest absolute Gasteiger partial charge is 0.477 e. The van der Waals surface area contributed by atoms with Crippen LogP contribution in [0, 0.1) is 0 Å². The van der Waals surface area contributed by atoms with E-state index in [1.807, 2.05) is 21.1 Å². The lowest BCUT2D eigenvalue weighted by Gasteiger charge is -2.25. The van der Waals surface area contributed by atoms with Crippen molar-refractivity contribution in [3.63, 3.8) is 0 Å². The van der Waals surface area contributed by atoms with Gasteiger partial charge in [-0.25, -0.2) is 4.79 Å². The molecule has 0 saturated heterocycles. The highest BCUT2D eigenvalue weighted by Gasteiger charge is 2.25. The molecule has 9 nitrogen and oxygen atoms in total. The van der Waals surface area contributed by atoms with E-state index in [0.29, 0.717) is 17.4 Å². The number of hydrogen-bond acceptors (Lipinski definition) is 7. The fourth-order valence-corrected chi connectivity index (χ4v) is 11.1. The van der Waals surface area contributed by atoms with Gasteiger partial charge < -0.3 is 28.5 Å². The van der Waals surface area contributed by atoms with Crippen LogP contribution >= 0.6 is 0 Å². The number of likely N-dealkylation sites (N-methyl/N-ethyl adjacent to an activating group) is 1. The minimum Gasteiger partial charge on any atom is -0.477 e. The van der Waals surface area contributed by atoms with Crippen LogP contribution in [0.1, 0.15) is 373 Å². The van der Waals surface area contributed by atoms with Crippen molar-refractivity contribution in [3.05, 3.63) is 24.3 Å². The molecule has 0 amide bonds. The summed E-state index contributed by atoms with van der Waals surface area (Å²) in [6, 6.07) is 0. The van der Waals surface area contributed by atoms with Crippen LogP contribution in [-0.4, -0.2) is 87.4 Å². The maximum atomic E-state index is 12.9. The molecule has 2 atom stereocenters. The summed E-state index contributed by atoms with van der Waals surface area (Å²) in [5, 5.41) is 9.75. The van der Waals surface area contributed by atoms with Gasteiger partial charge in [-0.15, -0.1) is 0 Å². The molecule has 0 spiro atoms. The average Bonchev–Trinajstić information content (AvgIpc) is 3.46. The van der Waals surface area contributed by atoms with Crippen LogP contribution in [0.15, 0.2) is 24.3 Å². The van der Waals surface area contributed by atoms with E-state index in [9.17, 15) is 19.5 Å². The van der Waals surface area contributed by atoms with Gasteiger partial charge in [-0.3, -0.25) is 9.59 Å². The number of carboxylic acid groups (broad SMARTS) is 1. The molecule has 0 aromatic carbocycles. The molecule has 0 radical (unpaired) electrons. The first kappa shape index (κ1) is 80.8. The van der Waals surface area contributed by atoms with E-state index in [-0.39, 0.29) is 38.2 Å². The number of carbonyl (C=O) groups is 3. The number of quaternary nitrogens is 1. The molecule has 0 heterocycles. The Morgan fingerprint density at radius 3 is 0.952 bits per heavy atom. The van der Waals surface area contributed by atoms with Crippen molar-refractivity contribution in [1.82, 2.24) is 0 Å². The van der Waals surface area contributed by atoms with E-state index in [1.54, 1.807) is 0 Å². The predicted molar refractivity (Wildman–Crippen MR) is 355 cm³/mol. The van der Waals surface area contributed by atoms with Gasteiger partial charge in [0.1, 0.15) is 13.2 Å². The first-order valence-corrected chi connectivity index (χ1v) is 36.5. The second-order valence-corrected chi connectivity index (χ2v) is 26.3. The molecular formula is C74H142NO8+. The standard InChI is InChI=1S/C74H141NO8/c1-6-8-10-12-14-16-18-20-22-24-26-28-30-32-34-35-36-37-39-40-42-44-46-48-50-52-54-56-58-60-62-64-71(76)81-68-70(69-82-74(73(78)79)80-67-66-75(3,4)5)83-72(77)65-63-61-59-57-55-53-51-49-47-45-43-41-38-33-31-29-27-25-23-21-19-17-15-13-11-9-7-2/h19,21,25,27,70,74H,6-18,20,22-24,26,28-69H2,1-5H3/p+1/b21-19-,27-25-. The number of unbranched alkanes of at least 4 members (excludes halogenated alkanes) is 50. The van der Waals surface area contributed by atoms with Crippen molar-refractivity contribution in [3.8, 4) is 0 Å². The lowest BCUT2D eigenvalue weighted by molar-refractivity contribution is -0.870. The van der Waals surface area contributed by atoms with Gasteiger partial charge in [0.25, 0.3) is 6.29 Å². The number of hydrogen-bond donors (Lipinski definition) is 1. The van der Waals surface area contributed by atoms with E-state index in [0.717, 1.165) is 44.9 Å². The number of rotatable bonds is 69. The Morgan fingerprint density at radius 2 is 0.651 bits per heavy atom. The van der Waals surface area contributed by atoms with Gasteiger partial charge in [-0.2, -0.15) is 0 Å². The molecule has 0 saturated carbocycles. The van der Waals surface area contributed by atoms with Gasteiger partial charge in [0, 0.05) is 12.8 Å². The van der Waals surface area contributed by atoms with E-state index in [4.69, 9.17) is 18.9 Å². The molecular weight excluding hydrogens is 1030 g/mol. The summed E-state index contributed by atoms with van der Waals surface area (Å²) in [5.74, 6) is -1.97. The minimum atomic E-state index is -1.51. The van der Waals surface area contributed by atoms with E-state index in [1.165, 1.54) is 302 Å². The third-order valence-corrected chi connectivity index (χ3v) is 16.7. The molecule has 0 aliphatic heterocycles. The van der Waals surface area contributed by atoms with Crippen molar-refractivity contribution >= 4 is 17.9 Å². The highest BCUT2D eigenvalue weighted by Crippen LogP contribution is 2.19. The number of carbonyl (C=O) groups excluding carboxylic acids is 2. The highest BCUT2D eigenvalue weighted by molar-refractivity contribution is 5.71. The van der Waals surface area contributed by atoms with Crippen molar-refractivity contribution in [1.29, 1.82) is 0 Å². The van der Waals surface area contributed by atoms with Crippen molar-refractivity contribution in [2.45, 2.75) is 386 Å². The Morgan fingerprint density at radius 1 is 0.361 bits per heavy atom. The number of carboxylic acids is 1. The molecule has 1 N–H and O–H groups in total. The topological polar surface area (TPSA) is 108 Å². The number of ether oxygens (including phenoxy) is 4. The van der Waals surface area contributed by atoms with Crippen LogP contribution < -0.4 is 0 Å². The SMILES string of the molecule is CCCCCCC/C=C\C/C=C\CCCCCCCCCCCCCCCCCC(=O)OC(COC(=O)CCCCCCCCCCCCCCCCCCCCCCCCCCCCCCCCC)COC(OCC[N+](C)(C)C)C(=O)O. The molecule has 0 aliphatic carbocycles. The maximum absolute atomic E-state index is 12.9. The molecule has 0 bridgehead atoms. The summed E-state index contributed by atoms with van der Waals surface area (Å²) >= 11 is 0. The third kappa shape index (κ3) is 67.1. The van der Waals surface area contributed by atoms with Crippen molar-refractivity contribution in [2.75, 3.05) is 47.5 Å². The van der Waals surface area contributed by atoms with Crippen LogP contribution in [0.5, 0.6) is 0 Å². The van der Waals surface area contributed by atoms with E-state index < -0.39 is 18.4 Å². The summed E-state index contributed by atoms with van der Waals surface area (Å²) in [6.07, 6.45) is 78.8. The normalized spacial score (nSPS) is 12.7. The van der Waals surface area contributed by atoms with Crippen LogP contribution in [0.4, 0.5) is 0 Å². The number of nitrogens with zero attached hydrogens (tertiary/aromatic N) is 1. The van der Waals surface area contributed by atoms with Gasteiger partial charge in [0.15, 0.2) is 6.10 Å². The van der Waals surface area contributed by atoms with Crippen LogP contribution in [0.2, 0.25) is 0 Å². The first-order valence-electron chi connectivity index (χ1n) is 36.5. The summed E-state index contributed by atoms with van der Waals surface area (Å²) in [7, 11) is 5.99. The average molecular weight is 1170 g/mol. The van der Waals surface area contributed by atoms with Crippen molar-refractivity contribution < 1.29 is 42.9 Å². The fourth-order valence-electron chi connectivity index (χ4n) is 11.1. The Labute approximate surface area is 516 Å². The lowest BCUT2D eigenvalue weighted by atomic mass is 10.0. The van der Waals surface area contributed by atoms with Crippen LogP contribution in [-0.2, 0) is 33.3 Å². The first-order chi connectivity index (χ1) is 40.6. The summed E-state index contributed by atoms with van der Waals surface area (Å²) in [5.41, 5.74) is 0. The van der Waals surface area contributed by atoms with Gasteiger partial charge in [0.05, 0.1) is 34.4 Å². The quantitative estimate of drug-likeness (QED) is 0.0211.